The smallest absolute Gasteiger partial charge is 0.341 e. The van der Waals surface area contributed by atoms with E-state index in [1.807, 2.05) is 0 Å². The molecule has 0 aliphatic carbocycles. The highest BCUT2D eigenvalue weighted by atomic mass is 19.1. The van der Waals surface area contributed by atoms with Gasteiger partial charge in [-0.15, -0.1) is 0 Å². The number of anilines is 1. The highest BCUT2D eigenvalue weighted by molar-refractivity contribution is 5.90. The molecule has 18 heavy (non-hydrogen) atoms. The van der Waals surface area contributed by atoms with E-state index in [9.17, 15) is 13.6 Å². The lowest BCUT2D eigenvalue weighted by molar-refractivity contribution is 0.0492. The minimum atomic E-state index is -0.935. The number of carbonyl (C=O) groups is 1. The number of hydrogen-bond donors (Lipinski definition) is 1. The monoisotopic (exact) mass is 257 g/mol. The lowest BCUT2D eigenvalue weighted by Gasteiger charge is -2.07. The number of rotatable bonds is 6. The van der Waals surface area contributed by atoms with Crippen LogP contribution in [0.5, 0.6) is 0 Å². The van der Waals surface area contributed by atoms with Gasteiger partial charge in [-0.1, -0.05) is 26.2 Å². The Bertz CT molecular complexity index is 422. The number of hydrogen-bond acceptors (Lipinski definition) is 3. The molecular weight excluding hydrogens is 240 g/mol. The Morgan fingerprint density at radius 2 is 2.00 bits per heavy atom. The average Bonchev–Trinajstić information content (AvgIpc) is 2.33. The van der Waals surface area contributed by atoms with Crippen LogP contribution in [0.25, 0.3) is 0 Å². The van der Waals surface area contributed by atoms with Crippen molar-refractivity contribution < 1.29 is 18.3 Å². The fraction of sp³-hybridized carbons (Fsp3) is 0.462. The number of carbonyl (C=O) groups excluding carboxylic acids is 1. The van der Waals surface area contributed by atoms with Gasteiger partial charge in [-0.25, -0.2) is 13.6 Å². The molecule has 0 atom stereocenters. The molecule has 1 aromatic rings. The molecule has 0 aliphatic heterocycles. The van der Waals surface area contributed by atoms with Crippen LogP contribution in [0.15, 0.2) is 12.1 Å². The van der Waals surface area contributed by atoms with Gasteiger partial charge in [-0.2, -0.15) is 0 Å². The first-order valence-corrected chi connectivity index (χ1v) is 5.98. The van der Waals surface area contributed by atoms with Gasteiger partial charge < -0.3 is 10.5 Å². The van der Waals surface area contributed by atoms with E-state index in [4.69, 9.17) is 10.5 Å². The molecule has 0 radical (unpaired) electrons. The van der Waals surface area contributed by atoms with Crippen molar-refractivity contribution in [3.05, 3.63) is 29.3 Å². The molecule has 100 valence electrons. The maximum Gasteiger partial charge on any atom is 0.341 e. The maximum absolute atomic E-state index is 13.5. The number of esters is 1. The minimum absolute atomic E-state index is 0.203. The summed E-state index contributed by atoms with van der Waals surface area (Å²) in [7, 11) is 0. The largest absolute Gasteiger partial charge is 0.462 e. The fourth-order valence-electron chi connectivity index (χ4n) is 1.53. The Balaban J connectivity index is 2.56. The molecule has 1 aromatic carbocycles. The standard InChI is InChI=1S/C13H17F2NO2/c1-2-3-4-5-6-18-13(17)10-7-9(14)8-11(16)12(10)15/h7-8H,2-6,16H2,1H3. The Morgan fingerprint density at radius 1 is 1.28 bits per heavy atom. The zero-order valence-electron chi connectivity index (χ0n) is 10.3. The van der Waals surface area contributed by atoms with Crippen LogP contribution in [0.3, 0.4) is 0 Å². The third-order valence-electron chi connectivity index (χ3n) is 2.52. The molecule has 0 saturated heterocycles. The van der Waals surface area contributed by atoms with Crippen molar-refractivity contribution in [3.8, 4) is 0 Å². The van der Waals surface area contributed by atoms with Crippen LogP contribution >= 0.6 is 0 Å². The van der Waals surface area contributed by atoms with Crippen LogP contribution in [0.1, 0.15) is 43.0 Å². The van der Waals surface area contributed by atoms with Gasteiger partial charge in [0, 0.05) is 0 Å². The maximum atomic E-state index is 13.5. The first-order chi connectivity index (χ1) is 8.56. The Kier molecular flexibility index (Phi) is 5.55. The van der Waals surface area contributed by atoms with Gasteiger partial charge in [0.2, 0.25) is 0 Å². The van der Waals surface area contributed by atoms with E-state index >= 15 is 0 Å². The fourth-order valence-corrected chi connectivity index (χ4v) is 1.53. The topological polar surface area (TPSA) is 52.3 Å². The van der Waals surface area contributed by atoms with E-state index in [1.54, 1.807) is 0 Å². The van der Waals surface area contributed by atoms with Crippen molar-refractivity contribution in [1.29, 1.82) is 0 Å². The highest BCUT2D eigenvalue weighted by Crippen LogP contribution is 2.18. The van der Waals surface area contributed by atoms with Gasteiger partial charge in [0.05, 0.1) is 12.3 Å². The summed E-state index contributed by atoms with van der Waals surface area (Å²) in [6.07, 6.45) is 3.78. The quantitative estimate of drug-likeness (QED) is 0.483. The predicted molar refractivity (Wildman–Crippen MR) is 65.2 cm³/mol. The highest BCUT2D eigenvalue weighted by Gasteiger charge is 2.17. The Labute approximate surface area is 105 Å². The molecule has 0 fully saturated rings. The predicted octanol–water partition coefficient (Wildman–Crippen LogP) is 3.28. The van der Waals surface area contributed by atoms with Crippen molar-refractivity contribution in [2.45, 2.75) is 32.6 Å². The molecule has 0 aromatic heterocycles. The summed E-state index contributed by atoms with van der Waals surface area (Å²) in [4.78, 5) is 11.5. The minimum Gasteiger partial charge on any atom is -0.462 e. The number of nitrogen functional groups attached to an aromatic ring is 1. The Morgan fingerprint density at radius 3 is 2.67 bits per heavy atom. The molecule has 0 saturated carbocycles. The lowest BCUT2D eigenvalue weighted by Crippen LogP contribution is -2.10. The van der Waals surface area contributed by atoms with Gasteiger partial charge in [-0.3, -0.25) is 0 Å². The molecule has 0 heterocycles. The van der Waals surface area contributed by atoms with E-state index in [0.29, 0.717) is 6.42 Å². The number of benzene rings is 1. The van der Waals surface area contributed by atoms with Crippen molar-refractivity contribution in [2.75, 3.05) is 12.3 Å². The zero-order chi connectivity index (χ0) is 13.5. The van der Waals surface area contributed by atoms with E-state index in [-0.39, 0.29) is 6.61 Å². The van der Waals surface area contributed by atoms with Crippen LogP contribution in [-0.2, 0) is 4.74 Å². The van der Waals surface area contributed by atoms with Gasteiger partial charge in [0.15, 0.2) is 5.82 Å². The molecule has 0 bridgehead atoms. The summed E-state index contributed by atoms with van der Waals surface area (Å²) in [5.74, 6) is -2.57. The normalized spacial score (nSPS) is 10.4. The van der Waals surface area contributed by atoms with Gasteiger partial charge in [-0.05, 0) is 18.6 Å². The molecule has 5 heteroatoms. The first-order valence-electron chi connectivity index (χ1n) is 5.98. The van der Waals surface area contributed by atoms with Crippen molar-refractivity contribution in [2.24, 2.45) is 0 Å². The van der Waals surface area contributed by atoms with E-state index in [0.717, 1.165) is 31.4 Å². The van der Waals surface area contributed by atoms with Gasteiger partial charge in [0.25, 0.3) is 0 Å². The molecule has 0 aliphatic rings. The molecular formula is C13H17F2NO2. The summed E-state index contributed by atoms with van der Waals surface area (Å²) < 4.78 is 31.3. The third-order valence-corrected chi connectivity index (χ3v) is 2.52. The molecule has 0 unspecified atom stereocenters. The molecule has 0 amide bonds. The first kappa shape index (κ1) is 14.4. The van der Waals surface area contributed by atoms with Gasteiger partial charge >= 0.3 is 5.97 Å². The van der Waals surface area contributed by atoms with E-state index < -0.39 is 28.9 Å². The summed E-state index contributed by atoms with van der Waals surface area (Å²) in [6, 6.07) is 1.62. The lowest BCUT2D eigenvalue weighted by atomic mass is 10.2. The molecule has 2 N–H and O–H groups in total. The second kappa shape index (κ2) is 6.93. The second-order valence-corrected chi connectivity index (χ2v) is 4.05. The zero-order valence-corrected chi connectivity index (χ0v) is 10.3. The van der Waals surface area contributed by atoms with Crippen molar-refractivity contribution >= 4 is 11.7 Å². The summed E-state index contributed by atoms with van der Waals surface area (Å²) in [5, 5.41) is 0. The molecule has 0 spiro atoms. The van der Waals surface area contributed by atoms with Crippen molar-refractivity contribution in [1.82, 2.24) is 0 Å². The van der Waals surface area contributed by atoms with E-state index in [1.165, 1.54) is 0 Å². The van der Waals surface area contributed by atoms with Crippen LogP contribution in [0, 0.1) is 11.6 Å². The number of ether oxygens (including phenoxy) is 1. The van der Waals surface area contributed by atoms with Crippen LogP contribution in [0.4, 0.5) is 14.5 Å². The van der Waals surface area contributed by atoms with Crippen LogP contribution < -0.4 is 5.73 Å². The number of nitrogens with two attached hydrogens (primary N) is 1. The third kappa shape index (κ3) is 3.98. The second-order valence-electron chi connectivity index (χ2n) is 4.05. The summed E-state index contributed by atoms with van der Waals surface area (Å²) in [5.41, 5.74) is 4.38. The molecule has 3 nitrogen and oxygen atoms in total. The Hall–Kier alpha value is -1.65. The van der Waals surface area contributed by atoms with Crippen molar-refractivity contribution in [3.63, 3.8) is 0 Å². The summed E-state index contributed by atoms with van der Waals surface area (Å²) >= 11 is 0. The number of halogens is 2. The SMILES string of the molecule is CCCCCCOC(=O)c1cc(F)cc(N)c1F. The average molecular weight is 257 g/mol. The van der Waals surface area contributed by atoms with Crippen LogP contribution in [0.2, 0.25) is 0 Å². The van der Waals surface area contributed by atoms with Crippen LogP contribution in [-0.4, -0.2) is 12.6 Å². The summed E-state index contributed by atoms with van der Waals surface area (Å²) in [6.45, 7) is 2.27. The van der Waals surface area contributed by atoms with Gasteiger partial charge in [0.1, 0.15) is 11.4 Å². The number of unbranched alkanes of at least 4 members (excludes halogenated alkanes) is 3. The van der Waals surface area contributed by atoms with E-state index in [2.05, 4.69) is 6.92 Å². The molecule has 1 rings (SSSR count).